The molecule has 0 rings (SSSR count). The van der Waals surface area contributed by atoms with Crippen LogP contribution in [-0.2, 0) is 14.4 Å². The summed E-state index contributed by atoms with van der Waals surface area (Å²) >= 11 is 0. The highest BCUT2D eigenvalue weighted by molar-refractivity contribution is 5.80. The fourth-order valence-corrected chi connectivity index (χ4v) is 1.37. The molecule has 0 aromatic heterocycles. The first-order valence-electron chi connectivity index (χ1n) is 6.35. The zero-order valence-corrected chi connectivity index (χ0v) is 11.6. The van der Waals surface area contributed by atoms with Gasteiger partial charge in [-0.25, -0.2) is 9.59 Å². The van der Waals surface area contributed by atoms with E-state index >= 15 is 0 Å². The van der Waals surface area contributed by atoms with Gasteiger partial charge in [-0.15, -0.1) is 0 Å². The normalized spacial score (nSPS) is 13.8. The number of rotatable bonds is 10. The van der Waals surface area contributed by atoms with Crippen LogP contribution in [0.15, 0.2) is 0 Å². The van der Waals surface area contributed by atoms with Crippen molar-refractivity contribution >= 4 is 12.1 Å². The number of hydrogen-bond donors (Lipinski definition) is 4. The van der Waals surface area contributed by atoms with Crippen molar-refractivity contribution in [3.05, 3.63) is 0 Å². The maximum absolute atomic E-state index is 11.4. The topological polar surface area (TPSA) is 129 Å². The van der Waals surface area contributed by atoms with Gasteiger partial charge in [-0.05, 0) is 18.8 Å². The van der Waals surface area contributed by atoms with E-state index < -0.39 is 23.5 Å². The molecule has 4 N–H and O–H groups in total. The maximum Gasteiger partial charge on any atom is 0.407 e. The molecule has 9 heteroatoms. The van der Waals surface area contributed by atoms with Gasteiger partial charge in [0.15, 0.2) is 0 Å². The Morgan fingerprint density at radius 3 is 2.35 bits per heavy atom. The van der Waals surface area contributed by atoms with Crippen LogP contribution in [0.1, 0.15) is 33.1 Å². The van der Waals surface area contributed by atoms with Crippen LogP contribution in [0, 0.1) is 5.92 Å². The van der Waals surface area contributed by atoms with Crippen molar-refractivity contribution in [2.24, 2.45) is 5.92 Å². The molecule has 1 amide bonds. The van der Waals surface area contributed by atoms with Crippen molar-refractivity contribution in [1.29, 1.82) is 0 Å². The predicted octanol–water partition coefficient (Wildman–Crippen LogP) is 1.00. The van der Waals surface area contributed by atoms with Crippen LogP contribution in [-0.4, -0.2) is 52.2 Å². The lowest BCUT2D eigenvalue weighted by atomic mass is 10.00. The number of nitrogens with one attached hydrogen (secondary N) is 1. The molecule has 0 spiro atoms. The van der Waals surface area contributed by atoms with E-state index in [2.05, 4.69) is 10.2 Å². The lowest BCUT2D eigenvalue weighted by Gasteiger charge is -2.19. The van der Waals surface area contributed by atoms with Crippen molar-refractivity contribution in [1.82, 2.24) is 10.7 Å². The summed E-state index contributed by atoms with van der Waals surface area (Å²) in [5.41, 5.74) is 0. The first kappa shape index (κ1) is 18.6. The maximum atomic E-state index is 11.4. The van der Waals surface area contributed by atoms with Gasteiger partial charge in [-0.1, -0.05) is 20.3 Å². The molecule has 0 aromatic carbocycles. The molecule has 0 radical (unpaired) electrons. The molecule has 20 heavy (non-hydrogen) atoms. The van der Waals surface area contributed by atoms with Crippen LogP contribution in [0.2, 0.25) is 0 Å². The standard InChI is InChI=1S/C11H22N2O7/c1-3-8(2)9(10(14)15)12-11(16)19-6-4-5-7-20-13(17)18/h8-9,17-18H,3-7H2,1-2H3,(H,12,16)(H,14,15). The molecule has 0 aromatic rings. The largest absolute Gasteiger partial charge is 0.480 e. The average Bonchev–Trinajstić information content (AvgIpc) is 2.38. The van der Waals surface area contributed by atoms with Crippen molar-refractivity contribution in [2.45, 2.75) is 39.2 Å². The Morgan fingerprint density at radius 2 is 1.85 bits per heavy atom. The van der Waals surface area contributed by atoms with Gasteiger partial charge >= 0.3 is 12.1 Å². The van der Waals surface area contributed by atoms with Crippen molar-refractivity contribution in [3.8, 4) is 0 Å². The van der Waals surface area contributed by atoms with Gasteiger partial charge in [0.05, 0.1) is 18.6 Å². The van der Waals surface area contributed by atoms with Crippen LogP contribution >= 0.6 is 0 Å². The van der Waals surface area contributed by atoms with E-state index in [9.17, 15) is 9.59 Å². The summed E-state index contributed by atoms with van der Waals surface area (Å²) in [5.74, 6) is -1.30. The molecule has 0 aliphatic carbocycles. The van der Waals surface area contributed by atoms with E-state index in [1.807, 2.05) is 6.92 Å². The number of carboxylic acid groups (broad SMARTS) is 1. The highest BCUT2D eigenvalue weighted by atomic mass is 17.1. The average molecular weight is 294 g/mol. The monoisotopic (exact) mass is 294 g/mol. The third-order valence-corrected chi connectivity index (χ3v) is 2.73. The number of carbonyl (C=O) groups is 2. The molecule has 0 bridgehead atoms. The molecule has 0 saturated carbocycles. The molecule has 0 aliphatic heterocycles. The molecular weight excluding hydrogens is 272 g/mol. The number of nitrogens with zero attached hydrogens (tertiary/aromatic N) is 1. The Bertz CT molecular complexity index is 298. The molecule has 0 saturated heterocycles. The number of amides is 1. The second-order valence-corrected chi connectivity index (χ2v) is 4.27. The predicted molar refractivity (Wildman–Crippen MR) is 66.0 cm³/mol. The highest BCUT2D eigenvalue weighted by Crippen LogP contribution is 2.08. The van der Waals surface area contributed by atoms with E-state index in [4.69, 9.17) is 20.3 Å². The second kappa shape index (κ2) is 10.4. The van der Waals surface area contributed by atoms with E-state index in [1.54, 1.807) is 6.92 Å². The number of ether oxygens (including phenoxy) is 1. The van der Waals surface area contributed by atoms with Crippen LogP contribution < -0.4 is 5.32 Å². The van der Waals surface area contributed by atoms with Gasteiger partial charge in [0, 0.05) is 0 Å². The minimum Gasteiger partial charge on any atom is -0.480 e. The Labute approximate surface area is 116 Å². The minimum atomic E-state index is -1.10. The SMILES string of the molecule is CCC(C)C(NC(=O)OCCCCON(O)O)C(=O)O. The van der Waals surface area contributed by atoms with E-state index in [-0.39, 0.29) is 19.1 Å². The fraction of sp³-hybridized carbons (Fsp3) is 0.818. The first-order valence-corrected chi connectivity index (χ1v) is 6.35. The summed E-state index contributed by atoms with van der Waals surface area (Å²) in [6.45, 7) is 3.70. The first-order chi connectivity index (χ1) is 9.38. The quantitative estimate of drug-likeness (QED) is 0.347. The molecule has 118 valence electrons. The van der Waals surface area contributed by atoms with E-state index in [1.165, 1.54) is 0 Å². The Balaban J connectivity index is 3.83. The number of alkyl carbamates (subject to hydrolysis) is 1. The summed E-state index contributed by atoms with van der Waals surface area (Å²) in [6, 6.07) is -0.979. The zero-order chi connectivity index (χ0) is 15.5. The Morgan fingerprint density at radius 1 is 1.25 bits per heavy atom. The minimum absolute atomic E-state index is 0.0581. The zero-order valence-electron chi connectivity index (χ0n) is 11.6. The van der Waals surface area contributed by atoms with Gasteiger partial charge in [-0.3, -0.25) is 15.3 Å². The molecule has 0 fully saturated rings. The van der Waals surface area contributed by atoms with Gasteiger partial charge in [0.25, 0.3) is 0 Å². The van der Waals surface area contributed by atoms with Crippen LogP contribution in [0.5, 0.6) is 0 Å². The van der Waals surface area contributed by atoms with Gasteiger partial charge in [0.2, 0.25) is 0 Å². The van der Waals surface area contributed by atoms with Crippen molar-refractivity contribution in [3.63, 3.8) is 0 Å². The lowest BCUT2D eigenvalue weighted by molar-refractivity contribution is -0.492. The van der Waals surface area contributed by atoms with Crippen LogP contribution in [0.4, 0.5) is 4.79 Å². The smallest absolute Gasteiger partial charge is 0.407 e. The number of carboxylic acids is 1. The molecular formula is C11H22N2O7. The van der Waals surface area contributed by atoms with Gasteiger partial charge in [-0.2, -0.15) is 0 Å². The highest BCUT2D eigenvalue weighted by Gasteiger charge is 2.25. The number of carbonyl (C=O) groups excluding carboxylic acids is 1. The summed E-state index contributed by atoms with van der Waals surface area (Å²) in [6.07, 6.45) is 0.721. The molecule has 0 heterocycles. The van der Waals surface area contributed by atoms with E-state index in [0.29, 0.717) is 19.3 Å². The number of hydrogen-bond acceptors (Lipinski definition) is 7. The van der Waals surface area contributed by atoms with Gasteiger partial charge < -0.3 is 15.2 Å². The second-order valence-electron chi connectivity index (χ2n) is 4.27. The van der Waals surface area contributed by atoms with Crippen molar-refractivity contribution < 1.29 is 34.7 Å². The van der Waals surface area contributed by atoms with Crippen LogP contribution in [0.3, 0.4) is 0 Å². The summed E-state index contributed by atoms with van der Waals surface area (Å²) in [4.78, 5) is 26.7. The van der Waals surface area contributed by atoms with Crippen LogP contribution in [0.25, 0.3) is 0 Å². The lowest BCUT2D eigenvalue weighted by Crippen LogP contribution is -2.45. The van der Waals surface area contributed by atoms with Crippen molar-refractivity contribution in [2.75, 3.05) is 13.2 Å². The summed E-state index contributed by atoms with van der Waals surface area (Å²) in [5, 5.41) is 27.4. The third kappa shape index (κ3) is 8.64. The third-order valence-electron chi connectivity index (χ3n) is 2.73. The number of aliphatic carboxylic acids is 1. The number of unbranched alkanes of at least 4 members (excludes halogenated alkanes) is 1. The fourth-order valence-electron chi connectivity index (χ4n) is 1.37. The molecule has 9 nitrogen and oxygen atoms in total. The summed E-state index contributed by atoms with van der Waals surface area (Å²) < 4.78 is 4.82. The van der Waals surface area contributed by atoms with E-state index in [0.717, 1.165) is 0 Å². The summed E-state index contributed by atoms with van der Waals surface area (Å²) in [7, 11) is 0. The Kier molecular flexibility index (Phi) is 9.64. The molecule has 0 aliphatic rings. The van der Waals surface area contributed by atoms with Gasteiger partial charge in [0.1, 0.15) is 6.04 Å². The molecule has 2 unspecified atom stereocenters. The molecule has 2 atom stereocenters. The Hall–Kier alpha value is -1.42.